The van der Waals surface area contributed by atoms with Crippen molar-refractivity contribution in [1.82, 2.24) is 4.98 Å². The quantitative estimate of drug-likeness (QED) is 0.832. The lowest BCUT2D eigenvalue weighted by atomic mass is 10.1. The summed E-state index contributed by atoms with van der Waals surface area (Å²) in [5.74, 6) is 1.44. The predicted molar refractivity (Wildman–Crippen MR) is 86.7 cm³/mol. The van der Waals surface area contributed by atoms with Gasteiger partial charge in [0.25, 0.3) is 0 Å². The molecule has 0 aliphatic rings. The first-order valence-electron chi connectivity index (χ1n) is 7.64. The number of nitrogens with two attached hydrogens (primary N) is 1. The molecule has 3 heteroatoms. The molecule has 0 saturated carbocycles. The molecule has 1 aromatic carbocycles. The van der Waals surface area contributed by atoms with E-state index in [2.05, 4.69) is 24.0 Å². The molecular formula is C18H24N2O. The third kappa shape index (κ3) is 5.20. The Morgan fingerprint density at radius 3 is 2.38 bits per heavy atom. The summed E-state index contributed by atoms with van der Waals surface area (Å²) < 4.78 is 5.76. The Bertz CT molecular complexity index is 532. The first-order chi connectivity index (χ1) is 10.2. The van der Waals surface area contributed by atoms with Crippen LogP contribution in [0.15, 0.2) is 42.6 Å². The maximum absolute atomic E-state index is 5.78. The average Bonchev–Trinajstić information content (AvgIpc) is 2.48. The molecule has 1 atom stereocenters. The molecular weight excluding hydrogens is 260 g/mol. The Morgan fingerprint density at radius 2 is 1.81 bits per heavy atom. The zero-order chi connectivity index (χ0) is 15.1. The SMILES string of the molecule is CCCCc1ccc(Oc2ccc(CC(C)N)cn2)cc1. The summed E-state index contributed by atoms with van der Waals surface area (Å²) >= 11 is 0. The van der Waals surface area contributed by atoms with Gasteiger partial charge in [0.1, 0.15) is 5.75 Å². The molecule has 1 aromatic heterocycles. The van der Waals surface area contributed by atoms with E-state index in [4.69, 9.17) is 10.5 Å². The summed E-state index contributed by atoms with van der Waals surface area (Å²) in [5.41, 5.74) is 8.26. The van der Waals surface area contributed by atoms with Crippen molar-refractivity contribution in [2.45, 2.75) is 45.6 Å². The first kappa shape index (κ1) is 15.5. The number of aryl methyl sites for hydroxylation is 1. The van der Waals surface area contributed by atoms with Crippen molar-refractivity contribution in [1.29, 1.82) is 0 Å². The van der Waals surface area contributed by atoms with Crippen molar-refractivity contribution >= 4 is 0 Å². The highest BCUT2D eigenvalue weighted by Gasteiger charge is 2.02. The van der Waals surface area contributed by atoms with E-state index < -0.39 is 0 Å². The lowest BCUT2D eigenvalue weighted by Gasteiger charge is -2.08. The zero-order valence-electron chi connectivity index (χ0n) is 12.9. The maximum atomic E-state index is 5.78. The minimum absolute atomic E-state index is 0.147. The fourth-order valence-corrected chi connectivity index (χ4v) is 2.19. The fourth-order valence-electron chi connectivity index (χ4n) is 2.19. The number of hydrogen-bond donors (Lipinski definition) is 1. The van der Waals surface area contributed by atoms with Crippen LogP contribution in [0, 0.1) is 0 Å². The number of pyridine rings is 1. The summed E-state index contributed by atoms with van der Waals surface area (Å²) in [4.78, 5) is 4.32. The van der Waals surface area contributed by atoms with Gasteiger partial charge in [-0.1, -0.05) is 31.5 Å². The van der Waals surface area contributed by atoms with Crippen LogP contribution in [-0.4, -0.2) is 11.0 Å². The van der Waals surface area contributed by atoms with Gasteiger partial charge in [-0.05, 0) is 49.4 Å². The molecule has 112 valence electrons. The Morgan fingerprint density at radius 1 is 1.10 bits per heavy atom. The highest BCUT2D eigenvalue weighted by atomic mass is 16.5. The smallest absolute Gasteiger partial charge is 0.219 e. The van der Waals surface area contributed by atoms with Crippen LogP contribution in [0.3, 0.4) is 0 Å². The molecule has 2 rings (SSSR count). The fraction of sp³-hybridized carbons (Fsp3) is 0.389. The van der Waals surface area contributed by atoms with E-state index in [9.17, 15) is 0 Å². The van der Waals surface area contributed by atoms with Crippen LogP contribution in [0.2, 0.25) is 0 Å². The summed E-state index contributed by atoms with van der Waals surface area (Å²) in [5, 5.41) is 0. The number of ether oxygens (including phenoxy) is 1. The number of benzene rings is 1. The van der Waals surface area contributed by atoms with Crippen LogP contribution >= 0.6 is 0 Å². The largest absolute Gasteiger partial charge is 0.439 e. The van der Waals surface area contributed by atoms with Gasteiger partial charge in [-0.25, -0.2) is 4.98 Å². The second kappa shape index (κ2) is 7.79. The molecule has 2 aromatic rings. The zero-order valence-corrected chi connectivity index (χ0v) is 12.9. The number of aromatic nitrogens is 1. The van der Waals surface area contributed by atoms with E-state index >= 15 is 0 Å². The van der Waals surface area contributed by atoms with Gasteiger partial charge in [0, 0.05) is 18.3 Å². The standard InChI is InChI=1S/C18H24N2O/c1-3-4-5-15-6-9-17(10-7-15)21-18-11-8-16(13-20-18)12-14(2)19/h6-11,13-14H,3-5,12,19H2,1-2H3. The molecule has 3 nitrogen and oxygen atoms in total. The van der Waals surface area contributed by atoms with Gasteiger partial charge in [0.05, 0.1) is 0 Å². The molecule has 0 amide bonds. The molecule has 0 aliphatic heterocycles. The van der Waals surface area contributed by atoms with Gasteiger partial charge < -0.3 is 10.5 Å². The number of hydrogen-bond acceptors (Lipinski definition) is 3. The van der Waals surface area contributed by atoms with Crippen LogP contribution in [0.4, 0.5) is 0 Å². The molecule has 2 N–H and O–H groups in total. The van der Waals surface area contributed by atoms with E-state index in [0.717, 1.165) is 24.2 Å². The van der Waals surface area contributed by atoms with Crippen LogP contribution in [0.5, 0.6) is 11.6 Å². The van der Waals surface area contributed by atoms with Crippen molar-refractivity contribution in [2.24, 2.45) is 5.73 Å². The van der Waals surface area contributed by atoms with Gasteiger partial charge in [0.15, 0.2) is 0 Å². The van der Waals surface area contributed by atoms with Gasteiger partial charge in [-0.15, -0.1) is 0 Å². The van der Waals surface area contributed by atoms with E-state index in [-0.39, 0.29) is 6.04 Å². The number of nitrogens with zero attached hydrogens (tertiary/aromatic N) is 1. The summed E-state index contributed by atoms with van der Waals surface area (Å²) in [6, 6.07) is 12.3. The second-order valence-electron chi connectivity index (χ2n) is 5.54. The lowest BCUT2D eigenvalue weighted by Crippen LogP contribution is -2.17. The van der Waals surface area contributed by atoms with Crippen LogP contribution < -0.4 is 10.5 Å². The van der Waals surface area contributed by atoms with Gasteiger partial charge in [-0.3, -0.25) is 0 Å². The van der Waals surface area contributed by atoms with Crippen LogP contribution in [-0.2, 0) is 12.8 Å². The Labute approximate surface area is 127 Å². The third-order valence-corrected chi connectivity index (χ3v) is 3.32. The summed E-state index contributed by atoms with van der Waals surface area (Å²) in [6.45, 7) is 4.20. The highest BCUT2D eigenvalue weighted by molar-refractivity contribution is 5.31. The summed E-state index contributed by atoms with van der Waals surface area (Å²) in [6.07, 6.45) is 6.23. The molecule has 0 spiro atoms. The molecule has 21 heavy (non-hydrogen) atoms. The van der Waals surface area contributed by atoms with Gasteiger partial charge in [0.2, 0.25) is 5.88 Å². The molecule has 0 bridgehead atoms. The maximum Gasteiger partial charge on any atom is 0.219 e. The van der Waals surface area contributed by atoms with E-state index in [1.54, 1.807) is 0 Å². The van der Waals surface area contributed by atoms with Crippen molar-refractivity contribution < 1.29 is 4.74 Å². The van der Waals surface area contributed by atoms with Crippen LogP contribution in [0.25, 0.3) is 0 Å². The molecule has 1 heterocycles. The highest BCUT2D eigenvalue weighted by Crippen LogP contribution is 2.20. The van der Waals surface area contributed by atoms with Gasteiger partial charge in [-0.2, -0.15) is 0 Å². The molecule has 1 unspecified atom stereocenters. The van der Waals surface area contributed by atoms with E-state index in [1.165, 1.54) is 18.4 Å². The number of unbranched alkanes of at least 4 members (excludes halogenated alkanes) is 1. The molecule has 0 fully saturated rings. The predicted octanol–water partition coefficient (Wildman–Crippen LogP) is 4.11. The average molecular weight is 284 g/mol. The van der Waals surface area contributed by atoms with Crippen LogP contribution in [0.1, 0.15) is 37.8 Å². The summed E-state index contributed by atoms with van der Waals surface area (Å²) in [7, 11) is 0. The van der Waals surface area contributed by atoms with E-state index in [1.807, 2.05) is 37.4 Å². The Balaban J connectivity index is 1.94. The Kier molecular flexibility index (Phi) is 5.76. The van der Waals surface area contributed by atoms with Gasteiger partial charge >= 0.3 is 0 Å². The second-order valence-corrected chi connectivity index (χ2v) is 5.54. The van der Waals surface area contributed by atoms with E-state index in [0.29, 0.717) is 5.88 Å². The minimum Gasteiger partial charge on any atom is -0.439 e. The molecule has 0 saturated heterocycles. The number of rotatable bonds is 7. The molecule has 0 aliphatic carbocycles. The Hall–Kier alpha value is -1.87. The van der Waals surface area contributed by atoms with Crippen molar-refractivity contribution in [2.75, 3.05) is 0 Å². The van der Waals surface area contributed by atoms with Crippen molar-refractivity contribution in [3.63, 3.8) is 0 Å². The topological polar surface area (TPSA) is 48.1 Å². The third-order valence-electron chi connectivity index (χ3n) is 3.32. The minimum atomic E-state index is 0.147. The monoisotopic (exact) mass is 284 g/mol. The molecule has 0 radical (unpaired) electrons. The van der Waals surface area contributed by atoms with Crippen molar-refractivity contribution in [3.8, 4) is 11.6 Å². The lowest BCUT2D eigenvalue weighted by molar-refractivity contribution is 0.462. The normalized spacial score (nSPS) is 12.1. The van der Waals surface area contributed by atoms with Crippen molar-refractivity contribution in [3.05, 3.63) is 53.7 Å². The first-order valence-corrected chi connectivity index (χ1v) is 7.64.